The number of nitrogen functional groups attached to an aromatic ring is 1. The van der Waals surface area contributed by atoms with Crippen LogP contribution in [0.2, 0.25) is 0 Å². The summed E-state index contributed by atoms with van der Waals surface area (Å²) in [6, 6.07) is 4.70. The third-order valence-electron chi connectivity index (χ3n) is 1.57. The third kappa shape index (κ3) is 3.41. The fourth-order valence-corrected chi connectivity index (χ4v) is 0.881. The minimum Gasteiger partial charge on any atom is -0.324 e. The molecule has 0 radical (unpaired) electrons. The maximum atomic E-state index is 11.9. The Hall–Kier alpha value is -1.27. The van der Waals surface area contributed by atoms with E-state index in [2.05, 4.69) is 5.43 Å². The number of halogens is 4. The molecule has 0 aliphatic rings. The molecule has 15 heavy (non-hydrogen) atoms. The van der Waals surface area contributed by atoms with Gasteiger partial charge in [0.2, 0.25) is 0 Å². The first-order chi connectivity index (χ1) is 6.45. The van der Waals surface area contributed by atoms with E-state index in [-0.39, 0.29) is 12.4 Å². The normalized spacial score (nSPS) is 10.4. The molecule has 0 atom stereocenters. The van der Waals surface area contributed by atoms with Gasteiger partial charge in [-0.1, -0.05) is 0 Å². The van der Waals surface area contributed by atoms with Crippen LogP contribution < -0.4 is 11.3 Å². The van der Waals surface area contributed by atoms with E-state index in [0.29, 0.717) is 5.69 Å². The van der Waals surface area contributed by atoms with Gasteiger partial charge < -0.3 is 5.43 Å². The van der Waals surface area contributed by atoms with Crippen molar-refractivity contribution >= 4 is 23.9 Å². The van der Waals surface area contributed by atoms with E-state index in [1.54, 1.807) is 0 Å². The SMILES string of the molecule is Cl.NNc1ccc(C(=O)C(F)(F)F)cc1. The van der Waals surface area contributed by atoms with Crippen molar-refractivity contribution in [3.63, 3.8) is 0 Å². The fraction of sp³-hybridized carbons (Fsp3) is 0.125. The lowest BCUT2D eigenvalue weighted by molar-refractivity contribution is -0.0885. The van der Waals surface area contributed by atoms with Crippen LogP contribution in [0.25, 0.3) is 0 Å². The number of rotatable bonds is 2. The summed E-state index contributed by atoms with van der Waals surface area (Å²) in [4.78, 5) is 10.7. The van der Waals surface area contributed by atoms with Crippen LogP contribution in [0.3, 0.4) is 0 Å². The summed E-state index contributed by atoms with van der Waals surface area (Å²) in [5.41, 5.74) is 2.27. The average molecular weight is 241 g/mol. The first-order valence-electron chi connectivity index (χ1n) is 3.63. The van der Waals surface area contributed by atoms with Crippen LogP contribution in [-0.4, -0.2) is 12.0 Å². The second kappa shape index (κ2) is 4.99. The van der Waals surface area contributed by atoms with Crippen LogP contribution >= 0.6 is 12.4 Å². The zero-order chi connectivity index (χ0) is 10.8. The molecule has 84 valence electrons. The first-order valence-corrected chi connectivity index (χ1v) is 3.63. The van der Waals surface area contributed by atoms with Gasteiger partial charge in [0.1, 0.15) is 0 Å². The molecule has 0 aliphatic heterocycles. The van der Waals surface area contributed by atoms with Crippen molar-refractivity contribution in [2.24, 2.45) is 5.84 Å². The molecular formula is C8H8ClF3N2O. The summed E-state index contributed by atoms with van der Waals surface area (Å²) < 4.78 is 35.8. The Balaban J connectivity index is 0.00000196. The van der Waals surface area contributed by atoms with Crippen LogP contribution in [0.4, 0.5) is 18.9 Å². The van der Waals surface area contributed by atoms with Gasteiger partial charge in [0.25, 0.3) is 5.78 Å². The molecule has 0 bridgehead atoms. The van der Waals surface area contributed by atoms with E-state index in [4.69, 9.17) is 5.84 Å². The van der Waals surface area contributed by atoms with Crippen LogP contribution in [0.5, 0.6) is 0 Å². The molecule has 0 aliphatic carbocycles. The van der Waals surface area contributed by atoms with Crippen molar-refractivity contribution in [3.05, 3.63) is 29.8 Å². The monoisotopic (exact) mass is 240 g/mol. The first kappa shape index (κ1) is 13.7. The van der Waals surface area contributed by atoms with Crippen LogP contribution in [0.15, 0.2) is 24.3 Å². The van der Waals surface area contributed by atoms with E-state index in [1.807, 2.05) is 0 Å². The number of carbonyl (C=O) groups excluding carboxylic acids is 1. The smallest absolute Gasteiger partial charge is 0.324 e. The Morgan fingerprint density at radius 2 is 1.67 bits per heavy atom. The predicted octanol–water partition coefficient (Wildman–Crippen LogP) is 2.14. The Morgan fingerprint density at radius 3 is 2.00 bits per heavy atom. The van der Waals surface area contributed by atoms with E-state index in [1.165, 1.54) is 12.1 Å². The number of hydrogen-bond acceptors (Lipinski definition) is 3. The minimum absolute atomic E-state index is 0. The number of anilines is 1. The second-order valence-electron chi connectivity index (χ2n) is 2.55. The largest absolute Gasteiger partial charge is 0.454 e. The van der Waals surface area contributed by atoms with Crippen LogP contribution in [0.1, 0.15) is 10.4 Å². The second-order valence-corrected chi connectivity index (χ2v) is 2.55. The molecule has 3 nitrogen and oxygen atoms in total. The van der Waals surface area contributed by atoms with Gasteiger partial charge in [-0.25, -0.2) is 0 Å². The number of ketones is 1. The molecular weight excluding hydrogens is 233 g/mol. The van der Waals surface area contributed by atoms with Crippen molar-refractivity contribution < 1.29 is 18.0 Å². The highest BCUT2D eigenvalue weighted by atomic mass is 35.5. The maximum absolute atomic E-state index is 11.9. The van der Waals surface area contributed by atoms with Gasteiger partial charge in [0.05, 0.1) is 0 Å². The Labute approximate surface area is 89.8 Å². The van der Waals surface area contributed by atoms with Crippen molar-refractivity contribution in [3.8, 4) is 0 Å². The Morgan fingerprint density at radius 1 is 1.20 bits per heavy atom. The third-order valence-corrected chi connectivity index (χ3v) is 1.57. The lowest BCUT2D eigenvalue weighted by atomic mass is 10.1. The molecule has 1 aromatic rings. The van der Waals surface area contributed by atoms with Crippen molar-refractivity contribution in [1.82, 2.24) is 0 Å². The summed E-state index contributed by atoms with van der Waals surface area (Å²) >= 11 is 0. The van der Waals surface area contributed by atoms with Crippen molar-refractivity contribution in [2.75, 3.05) is 5.43 Å². The van der Waals surface area contributed by atoms with Crippen LogP contribution in [-0.2, 0) is 0 Å². The number of hydrazine groups is 1. The zero-order valence-electron chi connectivity index (χ0n) is 7.34. The van der Waals surface area contributed by atoms with Gasteiger partial charge in [-0.15, -0.1) is 12.4 Å². The lowest BCUT2D eigenvalue weighted by Gasteiger charge is -2.05. The summed E-state index contributed by atoms with van der Waals surface area (Å²) in [5.74, 6) is 3.14. The molecule has 0 unspecified atom stereocenters. The molecule has 1 rings (SSSR count). The van der Waals surface area contributed by atoms with E-state index in [9.17, 15) is 18.0 Å². The van der Waals surface area contributed by atoms with Gasteiger partial charge >= 0.3 is 6.18 Å². The van der Waals surface area contributed by atoms with Crippen molar-refractivity contribution in [2.45, 2.75) is 6.18 Å². The summed E-state index contributed by atoms with van der Waals surface area (Å²) in [6.45, 7) is 0. The van der Waals surface area contributed by atoms with Crippen LogP contribution in [0, 0.1) is 0 Å². The molecule has 0 fully saturated rings. The molecule has 0 spiro atoms. The fourth-order valence-electron chi connectivity index (χ4n) is 0.881. The number of alkyl halides is 3. The molecule has 0 saturated heterocycles. The molecule has 7 heteroatoms. The molecule has 0 heterocycles. The lowest BCUT2D eigenvalue weighted by Crippen LogP contribution is -2.22. The summed E-state index contributed by atoms with van der Waals surface area (Å²) in [6.07, 6.45) is -4.84. The molecule has 0 saturated carbocycles. The number of carbonyl (C=O) groups is 1. The van der Waals surface area contributed by atoms with Gasteiger partial charge in [0.15, 0.2) is 0 Å². The number of Topliss-reactive ketones (excluding diaryl/α,β-unsaturated/α-hetero) is 1. The van der Waals surface area contributed by atoms with E-state index in [0.717, 1.165) is 12.1 Å². The number of benzene rings is 1. The molecule has 0 aromatic heterocycles. The average Bonchev–Trinajstić information content (AvgIpc) is 2.15. The molecule has 3 N–H and O–H groups in total. The van der Waals surface area contributed by atoms with Gasteiger partial charge in [-0.3, -0.25) is 10.6 Å². The number of hydrogen-bond donors (Lipinski definition) is 2. The molecule has 1 aromatic carbocycles. The maximum Gasteiger partial charge on any atom is 0.454 e. The summed E-state index contributed by atoms with van der Waals surface area (Å²) in [7, 11) is 0. The standard InChI is InChI=1S/C8H7F3N2O.ClH/c9-8(10,11)7(14)5-1-3-6(13-12)4-2-5;/h1-4,13H,12H2;1H. The van der Waals surface area contributed by atoms with Crippen molar-refractivity contribution in [1.29, 1.82) is 0 Å². The zero-order valence-corrected chi connectivity index (χ0v) is 8.15. The number of nitrogens with two attached hydrogens (primary N) is 1. The quantitative estimate of drug-likeness (QED) is 0.473. The predicted molar refractivity (Wildman–Crippen MR) is 51.9 cm³/mol. The highest BCUT2D eigenvalue weighted by Crippen LogP contribution is 2.22. The van der Waals surface area contributed by atoms with Gasteiger partial charge in [0, 0.05) is 11.3 Å². The minimum atomic E-state index is -4.84. The van der Waals surface area contributed by atoms with Gasteiger partial charge in [-0.2, -0.15) is 13.2 Å². The summed E-state index contributed by atoms with van der Waals surface area (Å²) in [5, 5.41) is 0. The topological polar surface area (TPSA) is 55.1 Å². The van der Waals surface area contributed by atoms with Gasteiger partial charge in [-0.05, 0) is 24.3 Å². The molecule has 0 amide bonds. The van der Waals surface area contributed by atoms with E-state index < -0.39 is 17.5 Å². The highest BCUT2D eigenvalue weighted by molar-refractivity contribution is 6.00. The highest BCUT2D eigenvalue weighted by Gasteiger charge is 2.39. The number of nitrogens with one attached hydrogen (secondary N) is 1. The van der Waals surface area contributed by atoms with E-state index >= 15 is 0 Å². The Bertz CT molecular complexity index is 337. The Kier molecular flexibility index (Phi) is 4.57.